The first kappa shape index (κ1) is 25.8. The first-order valence-corrected chi connectivity index (χ1v) is 13.3. The van der Waals surface area contributed by atoms with Gasteiger partial charge in [0.1, 0.15) is 6.10 Å². The van der Waals surface area contributed by atoms with Crippen LogP contribution < -0.4 is 5.32 Å². The molecule has 0 unspecified atom stereocenters. The Bertz CT molecular complexity index is 1170. The molecule has 2 bridgehead atoms. The van der Waals surface area contributed by atoms with Gasteiger partial charge in [0.15, 0.2) is 0 Å². The van der Waals surface area contributed by atoms with E-state index in [2.05, 4.69) is 62.5 Å². The number of carbonyl (C=O) groups is 2. The highest BCUT2D eigenvalue weighted by Gasteiger charge is 2.76. The van der Waals surface area contributed by atoms with Crippen LogP contribution in [0.4, 0.5) is 5.69 Å². The van der Waals surface area contributed by atoms with Gasteiger partial charge in [0.25, 0.3) is 0 Å². The van der Waals surface area contributed by atoms with E-state index in [9.17, 15) is 9.59 Å². The molecule has 3 aliphatic rings. The zero-order chi connectivity index (χ0) is 26.6. The normalized spacial score (nSPS) is 32.3. The Balaban J connectivity index is 1.34. The van der Waals surface area contributed by atoms with Gasteiger partial charge in [-0.15, -0.1) is 0 Å². The van der Waals surface area contributed by atoms with Gasteiger partial charge < -0.3 is 19.5 Å². The van der Waals surface area contributed by atoms with Gasteiger partial charge in [-0.05, 0) is 48.4 Å². The van der Waals surface area contributed by atoms with E-state index in [1.165, 1.54) is 5.56 Å². The molecule has 37 heavy (non-hydrogen) atoms. The zero-order valence-electron chi connectivity index (χ0n) is 22.8. The molecule has 0 radical (unpaired) electrons. The van der Waals surface area contributed by atoms with E-state index in [0.29, 0.717) is 19.4 Å². The Morgan fingerprint density at radius 2 is 1.70 bits per heavy atom. The predicted molar refractivity (Wildman–Crippen MR) is 142 cm³/mol. The van der Waals surface area contributed by atoms with Crippen molar-refractivity contribution in [3.63, 3.8) is 0 Å². The van der Waals surface area contributed by atoms with E-state index in [4.69, 9.17) is 14.2 Å². The summed E-state index contributed by atoms with van der Waals surface area (Å²) in [6, 6.07) is 18.5. The van der Waals surface area contributed by atoms with Gasteiger partial charge in [-0.1, -0.05) is 77.1 Å². The van der Waals surface area contributed by atoms with Crippen LogP contribution in [0.2, 0.25) is 0 Å². The summed E-state index contributed by atoms with van der Waals surface area (Å²) in [6.45, 7) is 13.0. The van der Waals surface area contributed by atoms with Gasteiger partial charge in [-0.2, -0.15) is 0 Å². The third-order valence-corrected chi connectivity index (χ3v) is 9.38. The van der Waals surface area contributed by atoms with Crippen LogP contribution in [0.5, 0.6) is 0 Å². The van der Waals surface area contributed by atoms with Gasteiger partial charge in [0, 0.05) is 17.0 Å². The van der Waals surface area contributed by atoms with Crippen LogP contribution in [0.25, 0.3) is 0 Å². The van der Waals surface area contributed by atoms with E-state index in [0.717, 1.165) is 11.3 Å². The number of esters is 2. The molecule has 0 amide bonds. The van der Waals surface area contributed by atoms with Crippen molar-refractivity contribution in [3.05, 3.63) is 65.7 Å². The summed E-state index contributed by atoms with van der Waals surface area (Å²) >= 11 is 0. The maximum Gasteiger partial charge on any atom is 0.351 e. The van der Waals surface area contributed by atoms with Crippen molar-refractivity contribution in [1.29, 1.82) is 0 Å². The number of hydrogen-bond acceptors (Lipinski definition) is 6. The summed E-state index contributed by atoms with van der Waals surface area (Å²) in [7, 11) is 0. The van der Waals surface area contributed by atoms with E-state index in [1.807, 2.05) is 39.0 Å². The van der Waals surface area contributed by atoms with Crippen LogP contribution in [0.1, 0.15) is 71.6 Å². The topological polar surface area (TPSA) is 73.9 Å². The molecule has 5 atom stereocenters. The van der Waals surface area contributed by atoms with Gasteiger partial charge in [0.05, 0.1) is 24.7 Å². The van der Waals surface area contributed by atoms with Crippen molar-refractivity contribution >= 4 is 17.6 Å². The highest BCUT2D eigenvalue weighted by atomic mass is 16.6. The molecule has 5 rings (SSSR count). The number of nitrogens with one attached hydrogen (secondary N) is 1. The van der Waals surface area contributed by atoms with Crippen molar-refractivity contribution in [1.82, 2.24) is 0 Å². The molecule has 0 aromatic heterocycles. The fraction of sp³-hybridized carbons (Fsp3) is 0.548. The van der Waals surface area contributed by atoms with E-state index in [-0.39, 0.29) is 36.1 Å². The Morgan fingerprint density at radius 1 is 1.03 bits per heavy atom. The van der Waals surface area contributed by atoms with Crippen LogP contribution in [0.3, 0.4) is 0 Å². The molecule has 2 aliphatic heterocycles. The molecule has 3 fully saturated rings. The fourth-order valence-electron chi connectivity index (χ4n) is 6.23. The van der Waals surface area contributed by atoms with Crippen LogP contribution in [-0.2, 0) is 29.2 Å². The minimum Gasteiger partial charge on any atom is -0.462 e. The maximum atomic E-state index is 13.5. The van der Waals surface area contributed by atoms with E-state index >= 15 is 0 Å². The highest BCUT2D eigenvalue weighted by molar-refractivity contribution is 5.93. The average Bonchev–Trinajstić information content (AvgIpc) is 3.40. The van der Waals surface area contributed by atoms with Gasteiger partial charge in [-0.3, -0.25) is 4.79 Å². The first-order chi connectivity index (χ1) is 17.4. The van der Waals surface area contributed by atoms with Crippen molar-refractivity contribution < 1.29 is 23.8 Å². The maximum absolute atomic E-state index is 13.5. The van der Waals surface area contributed by atoms with Gasteiger partial charge >= 0.3 is 11.9 Å². The Labute approximate surface area is 220 Å². The van der Waals surface area contributed by atoms with Crippen molar-refractivity contribution in [2.75, 3.05) is 18.5 Å². The summed E-state index contributed by atoms with van der Waals surface area (Å²) in [5.74, 6) is -0.809. The third kappa shape index (κ3) is 4.04. The number of fused-ring (bicyclic) bond motifs is 2. The molecular formula is C31H39NO5. The van der Waals surface area contributed by atoms with Crippen LogP contribution in [0.15, 0.2) is 54.6 Å². The van der Waals surface area contributed by atoms with Crippen LogP contribution >= 0.6 is 0 Å². The molecule has 1 aliphatic carbocycles. The monoisotopic (exact) mass is 505 g/mol. The molecule has 2 aromatic carbocycles. The van der Waals surface area contributed by atoms with Crippen LogP contribution in [-0.4, -0.2) is 36.8 Å². The minimum atomic E-state index is -1.22. The van der Waals surface area contributed by atoms with Crippen molar-refractivity contribution in [2.45, 2.75) is 77.5 Å². The molecule has 0 spiro atoms. The standard InChI is InChI=1S/C31H39NO5/c1-28(2,3)22-12-14-23(15-13-22)32-24-21(18-35-25(24)20-10-8-7-9-11-20)19-36-27(34)31-17-16-30(6,26(33)37-31)29(31,4)5/h7-15,21,24-25,32H,16-19H2,1-6H3/t21-,24+,25-,30-,31+/m0/s1. The number of benzene rings is 2. The second kappa shape index (κ2) is 8.87. The highest BCUT2D eigenvalue weighted by Crippen LogP contribution is 2.65. The second-order valence-corrected chi connectivity index (χ2v) is 12.7. The molecule has 2 aromatic rings. The summed E-state index contributed by atoms with van der Waals surface area (Å²) in [4.78, 5) is 26.1. The Kier molecular flexibility index (Phi) is 6.18. The lowest BCUT2D eigenvalue weighted by Crippen LogP contribution is -2.49. The number of anilines is 1. The molecular weight excluding hydrogens is 466 g/mol. The summed E-state index contributed by atoms with van der Waals surface area (Å²) < 4.78 is 17.9. The number of hydrogen-bond donors (Lipinski definition) is 1. The minimum absolute atomic E-state index is 0.0687. The largest absolute Gasteiger partial charge is 0.462 e. The number of carbonyl (C=O) groups excluding carboxylic acids is 2. The van der Waals surface area contributed by atoms with E-state index in [1.54, 1.807) is 0 Å². The molecule has 198 valence electrons. The molecule has 1 saturated carbocycles. The predicted octanol–water partition coefficient (Wildman–Crippen LogP) is 5.82. The molecule has 6 nitrogen and oxygen atoms in total. The lowest BCUT2D eigenvalue weighted by Gasteiger charge is -2.35. The zero-order valence-corrected chi connectivity index (χ0v) is 22.8. The SMILES string of the molecule is CC(C)(C)c1ccc(N[C@@H]2[C@H](COC(=O)[C@@]34CC[C@@](C)(C(=O)O3)C4(C)C)CO[C@H]2c2ccccc2)cc1. The number of ether oxygens (including phenoxy) is 3. The van der Waals surface area contributed by atoms with Crippen molar-refractivity contribution in [3.8, 4) is 0 Å². The molecule has 6 heteroatoms. The van der Waals surface area contributed by atoms with E-state index < -0.39 is 22.4 Å². The average molecular weight is 506 g/mol. The van der Waals surface area contributed by atoms with Gasteiger partial charge in [0.2, 0.25) is 5.60 Å². The lowest BCUT2D eigenvalue weighted by molar-refractivity contribution is -0.184. The third-order valence-electron chi connectivity index (χ3n) is 9.38. The quantitative estimate of drug-likeness (QED) is 0.499. The second-order valence-electron chi connectivity index (χ2n) is 12.7. The smallest absolute Gasteiger partial charge is 0.351 e. The summed E-state index contributed by atoms with van der Waals surface area (Å²) in [5.41, 5.74) is 0.910. The molecule has 2 heterocycles. The number of rotatable bonds is 6. The Morgan fingerprint density at radius 3 is 2.27 bits per heavy atom. The fourth-order valence-corrected chi connectivity index (χ4v) is 6.23. The van der Waals surface area contributed by atoms with Gasteiger partial charge in [-0.25, -0.2) is 4.79 Å². The summed E-state index contributed by atoms with van der Waals surface area (Å²) in [6.07, 6.45) is 0.947. The summed E-state index contributed by atoms with van der Waals surface area (Å²) in [5, 5.41) is 3.67. The lowest BCUT2D eigenvalue weighted by atomic mass is 9.66. The Hall–Kier alpha value is -2.86. The van der Waals surface area contributed by atoms with Crippen molar-refractivity contribution in [2.24, 2.45) is 16.7 Å². The molecule has 2 saturated heterocycles. The molecule has 1 N–H and O–H groups in total. The first-order valence-electron chi connectivity index (χ1n) is 13.3. The van der Waals surface area contributed by atoms with Crippen LogP contribution in [0, 0.1) is 16.7 Å².